The van der Waals surface area contributed by atoms with Gasteiger partial charge >= 0.3 is 6.01 Å². The average molecular weight is 538 g/mol. The molecule has 38 heavy (non-hydrogen) atoms. The van der Waals surface area contributed by atoms with Gasteiger partial charge in [-0.2, -0.15) is 15.2 Å². The molecule has 6 rings (SSSR count). The Hall–Kier alpha value is -3.42. The highest BCUT2D eigenvalue weighted by atomic mass is 32.1. The molecule has 0 saturated carbocycles. The van der Waals surface area contributed by atoms with Crippen molar-refractivity contribution >= 4 is 37.3 Å². The lowest BCUT2D eigenvalue weighted by atomic mass is 9.91. The molecule has 2 aliphatic rings. The lowest BCUT2D eigenvalue weighted by Crippen LogP contribution is -2.43. The SMILES string of the molecule is Cc1nc(OCC23CCCN2CCC3)nc2c(F)c(-c3ccc(F)c4sc(N)c(C#N)c34)c(C(C)F)cc12. The maximum atomic E-state index is 16.4. The molecule has 2 aromatic heterocycles. The predicted octanol–water partition coefficient (Wildman–Crippen LogP) is 6.59. The molecule has 2 aliphatic heterocycles. The van der Waals surface area contributed by atoms with E-state index in [1.807, 2.05) is 6.07 Å². The van der Waals surface area contributed by atoms with Crippen LogP contribution in [0, 0.1) is 29.9 Å². The van der Waals surface area contributed by atoms with Crippen molar-refractivity contribution in [1.82, 2.24) is 14.9 Å². The summed E-state index contributed by atoms with van der Waals surface area (Å²) in [5.41, 5.74) is 6.61. The van der Waals surface area contributed by atoms with Crippen LogP contribution in [0.15, 0.2) is 18.2 Å². The summed E-state index contributed by atoms with van der Waals surface area (Å²) >= 11 is 0.907. The van der Waals surface area contributed by atoms with Crippen LogP contribution in [0.5, 0.6) is 6.01 Å². The van der Waals surface area contributed by atoms with Crippen LogP contribution in [0.25, 0.3) is 32.1 Å². The molecule has 1 unspecified atom stereocenters. The molecular formula is C28H26F3N5OS. The summed E-state index contributed by atoms with van der Waals surface area (Å²) in [7, 11) is 0. The number of rotatable bonds is 5. The third-order valence-electron chi connectivity index (χ3n) is 8.04. The van der Waals surface area contributed by atoms with Crippen LogP contribution in [0.1, 0.15) is 55.6 Å². The van der Waals surface area contributed by atoms with Crippen LogP contribution in [0.2, 0.25) is 0 Å². The van der Waals surface area contributed by atoms with E-state index < -0.39 is 17.8 Å². The molecule has 0 aliphatic carbocycles. The van der Waals surface area contributed by atoms with Crippen molar-refractivity contribution in [2.45, 2.75) is 51.2 Å². The lowest BCUT2D eigenvalue weighted by Gasteiger charge is -2.31. The summed E-state index contributed by atoms with van der Waals surface area (Å²) in [4.78, 5) is 11.3. The van der Waals surface area contributed by atoms with Gasteiger partial charge in [0.1, 0.15) is 35.2 Å². The zero-order valence-electron chi connectivity index (χ0n) is 21.1. The number of hydrogen-bond donors (Lipinski definition) is 1. The van der Waals surface area contributed by atoms with Crippen LogP contribution in [0.4, 0.5) is 18.2 Å². The highest BCUT2D eigenvalue weighted by molar-refractivity contribution is 7.23. The fourth-order valence-corrected chi connectivity index (χ4v) is 7.14. The van der Waals surface area contributed by atoms with E-state index in [1.165, 1.54) is 25.1 Å². The number of nitrogens with two attached hydrogens (primary N) is 1. The quantitative estimate of drug-likeness (QED) is 0.309. The molecule has 4 aromatic rings. The molecule has 2 N–H and O–H groups in total. The van der Waals surface area contributed by atoms with Crippen LogP contribution < -0.4 is 10.5 Å². The third kappa shape index (κ3) is 3.71. The Bertz CT molecular complexity index is 1630. The second-order valence-electron chi connectivity index (χ2n) is 10.2. The Kier molecular flexibility index (Phi) is 5.96. The topological polar surface area (TPSA) is 88.1 Å². The van der Waals surface area contributed by atoms with Crippen molar-refractivity contribution in [3.63, 3.8) is 0 Å². The van der Waals surface area contributed by atoms with E-state index in [-0.39, 0.29) is 54.4 Å². The minimum absolute atomic E-state index is 0.0155. The molecule has 196 valence electrons. The van der Waals surface area contributed by atoms with Gasteiger partial charge in [0.25, 0.3) is 0 Å². The number of nitrogens with zero attached hydrogens (tertiary/aromatic N) is 4. The molecule has 0 amide bonds. The number of nitrogen functional groups attached to an aromatic ring is 1. The zero-order valence-corrected chi connectivity index (χ0v) is 21.9. The number of aromatic nitrogens is 2. The van der Waals surface area contributed by atoms with E-state index in [1.54, 1.807) is 6.92 Å². The second kappa shape index (κ2) is 9.10. The highest BCUT2D eigenvalue weighted by Gasteiger charge is 2.45. The lowest BCUT2D eigenvalue weighted by molar-refractivity contribution is 0.107. The Balaban J connectivity index is 1.53. The maximum absolute atomic E-state index is 16.4. The van der Waals surface area contributed by atoms with Crippen molar-refractivity contribution < 1.29 is 17.9 Å². The molecule has 2 aromatic carbocycles. The number of ether oxygens (including phenoxy) is 1. The second-order valence-corrected chi connectivity index (χ2v) is 11.3. The average Bonchev–Trinajstić information content (AvgIpc) is 3.56. The Morgan fingerprint density at radius 1 is 1.24 bits per heavy atom. The van der Waals surface area contributed by atoms with E-state index in [9.17, 15) is 14.0 Å². The van der Waals surface area contributed by atoms with Crippen LogP contribution in [-0.2, 0) is 0 Å². The first-order chi connectivity index (χ1) is 18.2. The van der Waals surface area contributed by atoms with Gasteiger partial charge < -0.3 is 10.5 Å². The summed E-state index contributed by atoms with van der Waals surface area (Å²) in [5.74, 6) is -1.36. The number of hydrogen-bond acceptors (Lipinski definition) is 7. The van der Waals surface area contributed by atoms with E-state index >= 15 is 4.39 Å². The highest BCUT2D eigenvalue weighted by Crippen LogP contribution is 2.45. The monoisotopic (exact) mass is 537 g/mol. The Labute approximate surface area is 221 Å². The molecule has 0 bridgehead atoms. The van der Waals surface area contributed by atoms with Gasteiger partial charge in [-0.25, -0.2) is 13.2 Å². The number of alkyl halides is 1. The van der Waals surface area contributed by atoms with Crippen LogP contribution in [-0.4, -0.2) is 40.1 Å². The summed E-state index contributed by atoms with van der Waals surface area (Å²) in [6, 6.07) is 6.13. The number of fused-ring (bicyclic) bond motifs is 3. The predicted molar refractivity (Wildman–Crippen MR) is 142 cm³/mol. The zero-order chi connectivity index (χ0) is 26.8. The van der Waals surface area contributed by atoms with Crippen molar-refractivity contribution in [1.29, 1.82) is 5.26 Å². The molecule has 4 heterocycles. The number of halogens is 3. The van der Waals surface area contributed by atoms with E-state index in [0.717, 1.165) is 50.1 Å². The van der Waals surface area contributed by atoms with Gasteiger partial charge in [-0.15, -0.1) is 11.3 Å². The fraction of sp³-hybridized carbons (Fsp3) is 0.393. The molecule has 2 fully saturated rings. The van der Waals surface area contributed by atoms with Crippen LogP contribution >= 0.6 is 11.3 Å². The maximum Gasteiger partial charge on any atom is 0.317 e. The van der Waals surface area contributed by atoms with Gasteiger partial charge in [-0.05, 0) is 75.9 Å². The van der Waals surface area contributed by atoms with Gasteiger partial charge in [0, 0.05) is 16.3 Å². The standard InChI is InChI=1S/C28H26F3N5OS/c1-14(29)17-11-18-15(2)34-27(37-13-28-7-3-9-36(28)10-4-8-28)35-24(18)23(31)21(17)16-5-6-20(30)25-22(16)19(12-32)26(33)38-25/h5-6,11,14H,3-4,7-10,13,33H2,1-2H3. The first-order valence-corrected chi connectivity index (χ1v) is 13.5. The van der Waals surface area contributed by atoms with E-state index in [2.05, 4.69) is 14.9 Å². The molecule has 1 atom stereocenters. The number of benzene rings is 2. The van der Waals surface area contributed by atoms with Crippen molar-refractivity contribution in [2.75, 3.05) is 25.4 Å². The van der Waals surface area contributed by atoms with E-state index in [4.69, 9.17) is 10.5 Å². The Morgan fingerprint density at radius 3 is 2.66 bits per heavy atom. The molecule has 2 saturated heterocycles. The molecular weight excluding hydrogens is 511 g/mol. The number of thiophene rings is 1. The van der Waals surface area contributed by atoms with Gasteiger partial charge in [0.2, 0.25) is 0 Å². The molecule has 6 nitrogen and oxygen atoms in total. The van der Waals surface area contributed by atoms with Gasteiger partial charge in [-0.3, -0.25) is 4.90 Å². The minimum Gasteiger partial charge on any atom is -0.461 e. The van der Waals surface area contributed by atoms with Crippen molar-refractivity contribution in [3.05, 3.63) is 46.7 Å². The number of nitriles is 1. The summed E-state index contributed by atoms with van der Waals surface area (Å²) in [5, 5.41) is 10.4. The van der Waals surface area contributed by atoms with E-state index in [0.29, 0.717) is 17.7 Å². The Morgan fingerprint density at radius 2 is 1.97 bits per heavy atom. The summed E-state index contributed by atoms with van der Waals surface area (Å²) < 4.78 is 52.3. The summed E-state index contributed by atoms with van der Waals surface area (Å²) in [6.45, 7) is 5.53. The fourth-order valence-electron chi connectivity index (χ4n) is 6.19. The third-order valence-corrected chi connectivity index (χ3v) is 9.07. The first-order valence-electron chi connectivity index (χ1n) is 12.7. The molecule has 0 spiro atoms. The largest absolute Gasteiger partial charge is 0.461 e. The smallest absolute Gasteiger partial charge is 0.317 e. The number of aryl methyl sites for hydroxylation is 1. The van der Waals surface area contributed by atoms with Gasteiger partial charge in [0.15, 0.2) is 5.82 Å². The minimum atomic E-state index is -1.56. The van der Waals surface area contributed by atoms with Crippen molar-refractivity contribution in [3.8, 4) is 23.2 Å². The first kappa shape index (κ1) is 24.9. The summed E-state index contributed by atoms with van der Waals surface area (Å²) in [6.07, 6.45) is 2.76. The van der Waals surface area contributed by atoms with Gasteiger partial charge in [0.05, 0.1) is 21.5 Å². The molecule has 10 heteroatoms. The molecule has 0 radical (unpaired) electrons. The van der Waals surface area contributed by atoms with Crippen LogP contribution in [0.3, 0.4) is 0 Å². The van der Waals surface area contributed by atoms with Crippen molar-refractivity contribution in [2.24, 2.45) is 0 Å². The number of anilines is 1. The normalized spacial score (nSPS) is 17.7. The van der Waals surface area contributed by atoms with Gasteiger partial charge in [-0.1, -0.05) is 6.07 Å².